The van der Waals surface area contributed by atoms with Crippen molar-refractivity contribution in [3.8, 4) is 5.75 Å². The van der Waals surface area contributed by atoms with Crippen molar-refractivity contribution in [3.05, 3.63) is 66.2 Å². The van der Waals surface area contributed by atoms with Gasteiger partial charge in [-0.25, -0.2) is 15.0 Å². The molecule has 2 atom stereocenters. The lowest BCUT2D eigenvalue weighted by atomic mass is 9.99. The zero-order chi connectivity index (χ0) is 23.5. The second-order valence-corrected chi connectivity index (χ2v) is 7.96. The number of nitrogens with two attached hydrogens (primary N) is 1. The molecule has 0 spiro atoms. The number of aromatic nitrogens is 4. The highest BCUT2D eigenvalue weighted by Gasteiger charge is 2.32. The van der Waals surface area contributed by atoms with Crippen molar-refractivity contribution in [2.24, 2.45) is 0 Å². The molecule has 9 heteroatoms. The van der Waals surface area contributed by atoms with E-state index in [0.29, 0.717) is 40.3 Å². The number of imidazole rings is 1. The molecule has 0 aliphatic rings. The van der Waals surface area contributed by atoms with E-state index in [1.807, 2.05) is 32.9 Å². The van der Waals surface area contributed by atoms with E-state index in [4.69, 9.17) is 5.73 Å². The van der Waals surface area contributed by atoms with Gasteiger partial charge in [-0.1, -0.05) is 25.1 Å². The number of phenols is 1. The first-order valence-electron chi connectivity index (χ1n) is 10.8. The zero-order valence-electron chi connectivity index (χ0n) is 18.8. The van der Waals surface area contributed by atoms with E-state index in [0.717, 1.165) is 5.56 Å². The lowest BCUT2D eigenvalue weighted by molar-refractivity contribution is 0.0973. The maximum Gasteiger partial charge on any atom is 0.260 e. The van der Waals surface area contributed by atoms with Crippen LogP contribution in [0.25, 0.3) is 11.2 Å². The summed E-state index contributed by atoms with van der Waals surface area (Å²) in [4.78, 5) is 31.4. The van der Waals surface area contributed by atoms with Crippen LogP contribution in [0.5, 0.6) is 5.75 Å². The van der Waals surface area contributed by atoms with E-state index < -0.39 is 0 Å². The third-order valence-corrected chi connectivity index (χ3v) is 5.75. The Kier molecular flexibility index (Phi) is 6.12. The van der Waals surface area contributed by atoms with Crippen LogP contribution in [0, 0.1) is 6.92 Å². The van der Waals surface area contributed by atoms with E-state index in [-0.39, 0.29) is 23.7 Å². The van der Waals surface area contributed by atoms with E-state index in [1.165, 1.54) is 6.33 Å². The minimum absolute atomic E-state index is 0.0764. The van der Waals surface area contributed by atoms with Crippen molar-refractivity contribution in [2.75, 3.05) is 16.0 Å². The minimum atomic E-state index is -0.290. The third-order valence-electron chi connectivity index (χ3n) is 5.75. The van der Waals surface area contributed by atoms with E-state index in [1.54, 1.807) is 41.6 Å². The highest BCUT2D eigenvalue weighted by Crippen LogP contribution is 2.30. The smallest absolute Gasteiger partial charge is 0.260 e. The van der Waals surface area contributed by atoms with Gasteiger partial charge in [0.2, 0.25) is 0 Å². The van der Waals surface area contributed by atoms with Crippen LogP contribution in [-0.4, -0.2) is 43.0 Å². The number of H-pyrrole nitrogens is 1. The van der Waals surface area contributed by atoms with Crippen LogP contribution in [0.2, 0.25) is 0 Å². The van der Waals surface area contributed by atoms with Crippen LogP contribution in [0.1, 0.15) is 36.2 Å². The lowest BCUT2D eigenvalue weighted by Gasteiger charge is -2.36. The molecule has 33 heavy (non-hydrogen) atoms. The Morgan fingerprint density at radius 3 is 2.73 bits per heavy atom. The minimum Gasteiger partial charge on any atom is -0.508 e. The predicted molar refractivity (Wildman–Crippen MR) is 129 cm³/mol. The molecule has 2 unspecified atom stereocenters. The number of fused-ring (bicyclic) bond motifs is 1. The average molecular weight is 446 g/mol. The maximum absolute atomic E-state index is 13.9. The normalized spacial score (nSPS) is 12.9. The van der Waals surface area contributed by atoms with Crippen LogP contribution in [0.4, 0.5) is 17.2 Å². The summed E-state index contributed by atoms with van der Waals surface area (Å²) in [6.45, 7) is 5.86. The number of aromatic amines is 1. The van der Waals surface area contributed by atoms with Crippen molar-refractivity contribution in [3.63, 3.8) is 0 Å². The molecule has 2 aromatic heterocycles. The predicted octanol–water partition coefficient (Wildman–Crippen LogP) is 3.88. The molecule has 0 fully saturated rings. The largest absolute Gasteiger partial charge is 0.508 e. The average Bonchev–Trinajstić information content (AvgIpc) is 3.27. The summed E-state index contributed by atoms with van der Waals surface area (Å²) >= 11 is 0. The number of carbonyl (C=O) groups is 1. The first kappa shape index (κ1) is 22.1. The fourth-order valence-electron chi connectivity index (χ4n) is 4.15. The number of hydrogen-bond acceptors (Lipinski definition) is 7. The highest BCUT2D eigenvalue weighted by molar-refractivity contribution is 6.10. The number of nitrogens with zero attached hydrogens (tertiary/aromatic N) is 4. The molecule has 0 bridgehead atoms. The number of phenolic OH excluding ortho intramolecular Hbond substituents is 1. The summed E-state index contributed by atoms with van der Waals surface area (Å²) in [6, 6.07) is 11.6. The van der Waals surface area contributed by atoms with Crippen molar-refractivity contribution in [1.29, 1.82) is 0 Å². The number of aromatic hydroxyl groups is 1. The number of rotatable bonds is 7. The Bertz CT molecular complexity index is 1270. The second-order valence-electron chi connectivity index (χ2n) is 7.96. The Balaban J connectivity index is 1.76. The van der Waals surface area contributed by atoms with Crippen LogP contribution >= 0.6 is 0 Å². The number of amides is 1. The fourth-order valence-corrected chi connectivity index (χ4v) is 4.15. The topological polar surface area (TPSA) is 133 Å². The molecule has 9 nitrogen and oxygen atoms in total. The fraction of sp³-hybridized carbons (Fsp3) is 0.250. The molecule has 0 saturated carbocycles. The SMILES string of the molecule is CCC(C(C)Nc1ncnc2[nH]cnc12)N(C(=O)c1c(C)cccc1N)c1cccc(O)c1. The van der Waals surface area contributed by atoms with Crippen LogP contribution in [0.15, 0.2) is 55.1 Å². The highest BCUT2D eigenvalue weighted by atomic mass is 16.3. The van der Waals surface area contributed by atoms with Crippen LogP contribution in [0.3, 0.4) is 0 Å². The van der Waals surface area contributed by atoms with Gasteiger partial charge in [0.15, 0.2) is 11.5 Å². The van der Waals surface area contributed by atoms with E-state index >= 15 is 0 Å². The van der Waals surface area contributed by atoms with Crippen LogP contribution < -0.4 is 16.0 Å². The summed E-state index contributed by atoms with van der Waals surface area (Å²) in [5.74, 6) is 0.419. The number of nitrogen functional groups attached to an aromatic ring is 1. The van der Waals surface area contributed by atoms with Crippen molar-refractivity contribution in [2.45, 2.75) is 39.3 Å². The number of hydrogen-bond donors (Lipinski definition) is 4. The van der Waals surface area contributed by atoms with Crippen LogP contribution in [-0.2, 0) is 0 Å². The van der Waals surface area contributed by atoms with Crippen molar-refractivity contribution < 1.29 is 9.90 Å². The van der Waals surface area contributed by atoms with Gasteiger partial charge in [0.1, 0.15) is 17.6 Å². The Morgan fingerprint density at radius 1 is 1.21 bits per heavy atom. The van der Waals surface area contributed by atoms with Gasteiger partial charge >= 0.3 is 0 Å². The molecular weight excluding hydrogens is 418 g/mol. The van der Waals surface area contributed by atoms with Gasteiger partial charge in [0.25, 0.3) is 5.91 Å². The summed E-state index contributed by atoms with van der Waals surface area (Å²) < 4.78 is 0. The molecule has 0 saturated heterocycles. The summed E-state index contributed by atoms with van der Waals surface area (Å²) in [5, 5.41) is 13.5. The van der Waals surface area contributed by atoms with Gasteiger partial charge in [0.05, 0.1) is 17.9 Å². The first-order chi connectivity index (χ1) is 15.9. The van der Waals surface area contributed by atoms with Crippen molar-refractivity contribution >= 4 is 34.3 Å². The molecule has 4 rings (SSSR count). The number of benzene rings is 2. The molecular formula is C24H27N7O2. The number of nitrogens with one attached hydrogen (secondary N) is 2. The molecule has 5 N–H and O–H groups in total. The van der Waals surface area contributed by atoms with Gasteiger partial charge in [-0.05, 0) is 44.0 Å². The maximum atomic E-state index is 13.9. The molecule has 0 aliphatic heterocycles. The zero-order valence-corrected chi connectivity index (χ0v) is 18.8. The van der Waals surface area contributed by atoms with Gasteiger partial charge in [-0.2, -0.15) is 0 Å². The van der Waals surface area contributed by atoms with E-state index in [9.17, 15) is 9.90 Å². The van der Waals surface area contributed by atoms with Gasteiger partial charge < -0.3 is 26.0 Å². The monoisotopic (exact) mass is 445 g/mol. The summed E-state index contributed by atoms with van der Waals surface area (Å²) in [6.07, 6.45) is 3.66. The molecule has 1 amide bonds. The number of carbonyl (C=O) groups excluding carboxylic acids is 1. The molecule has 2 aromatic carbocycles. The van der Waals surface area contributed by atoms with Crippen molar-refractivity contribution in [1.82, 2.24) is 19.9 Å². The Morgan fingerprint density at radius 2 is 2.00 bits per heavy atom. The number of aryl methyl sites for hydroxylation is 1. The first-order valence-corrected chi connectivity index (χ1v) is 10.8. The van der Waals surface area contributed by atoms with Gasteiger partial charge in [0, 0.05) is 23.5 Å². The molecule has 2 heterocycles. The summed E-state index contributed by atoms with van der Waals surface area (Å²) in [5.41, 5.74) is 9.69. The standard InChI is InChI=1S/C24H27N7O2/c1-4-19(15(3)30-23-21-22(27-12-26-21)28-13-29-23)31(16-8-6-9-17(32)11-16)24(33)20-14(2)7-5-10-18(20)25/h5-13,15,19,32H,4,25H2,1-3H3,(H2,26,27,28,29,30). The second kappa shape index (κ2) is 9.15. The van der Waals surface area contributed by atoms with E-state index in [2.05, 4.69) is 25.3 Å². The lowest BCUT2D eigenvalue weighted by Crippen LogP contribution is -2.49. The van der Waals surface area contributed by atoms with Gasteiger partial charge in [-0.15, -0.1) is 0 Å². The molecule has 0 radical (unpaired) electrons. The Labute approximate surface area is 191 Å². The third kappa shape index (κ3) is 4.30. The summed E-state index contributed by atoms with van der Waals surface area (Å²) in [7, 11) is 0. The quantitative estimate of drug-likeness (QED) is 0.317. The Hall–Kier alpha value is -4.14. The molecule has 170 valence electrons. The number of anilines is 3. The van der Waals surface area contributed by atoms with Gasteiger partial charge in [-0.3, -0.25) is 4.79 Å². The molecule has 4 aromatic rings. The molecule has 0 aliphatic carbocycles.